The lowest BCUT2D eigenvalue weighted by molar-refractivity contribution is 0.0943. The normalized spacial score (nSPS) is 11.4. The summed E-state index contributed by atoms with van der Waals surface area (Å²) in [4.78, 5) is 12.0. The first-order chi connectivity index (χ1) is 9.58. The van der Waals surface area contributed by atoms with E-state index in [-0.39, 0.29) is 24.1 Å². The maximum atomic E-state index is 13.7. The predicted octanol–water partition coefficient (Wildman–Crippen LogP) is 2.01. The maximum absolute atomic E-state index is 13.7. The molecule has 0 fully saturated rings. The zero-order valence-corrected chi connectivity index (χ0v) is 12.5. The fraction of sp³-hybridized carbons (Fsp3) is 0.400. The largest absolute Gasteiger partial charge is 0.349 e. The van der Waals surface area contributed by atoms with E-state index in [4.69, 9.17) is 5.73 Å². The number of nitrogens with one attached hydrogen (secondary N) is 1. The molecule has 1 rings (SSSR count). The number of benzene rings is 1. The molecule has 0 saturated heterocycles. The number of nitrogens with two attached hydrogens (primary N) is 1. The first-order valence-corrected chi connectivity index (χ1v) is 7.61. The Morgan fingerprint density at radius 1 is 1.55 bits per heavy atom. The van der Waals surface area contributed by atoms with Gasteiger partial charge in [-0.05, 0) is 30.9 Å². The average molecular weight is 294 g/mol. The number of carbonyl (C=O) groups excluding carboxylic acids is 1. The van der Waals surface area contributed by atoms with Gasteiger partial charge in [-0.2, -0.15) is 11.8 Å². The number of thioether (sulfide) groups is 1. The van der Waals surface area contributed by atoms with Gasteiger partial charge in [-0.15, -0.1) is 0 Å². The van der Waals surface area contributed by atoms with Crippen LogP contribution in [0.4, 0.5) is 4.39 Å². The number of halogens is 1. The third-order valence-corrected chi connectivity index (χ3v) is 3.65. The van der Waals surface area contributed by atoms with E-state index in [1.807, 2.05) is 6.92 Å². The number of hydrogen-bond donors (Lipinski definition) is 2. The van der Waals surface area contributed by atoms with E-state index in [0.29, 0.717) is 5.56 Å². The highest BCUT2D eigenvalue weighted by Crippen LogP contribution is 2.10. The van der Waals surface area contributed by atoms with Crippen LogP contribution in [0.3, 0.4) is 0 Å². The Hall–Kier alpha value is -1.51. The topological polar surface area (TPSA) is 55.1 Å². The van der Waals surface area contributed by atoms with Crippen molar-refractivity contribution >= 4 is 17.7 Å². The molecule has 5 heteroatoms. The molecule has 1 amide bonds. The lowest BCUT2D eigenvalue weighted by Gasteiger charge is -2.13. The second-order valence-electron chi connectivity index (χ2n) is 4.23. The Bertz CT molecular complexity index is 522. The van der Waals surface area contributed by atoms with Crippen molar-refractivity contribution in [2.24, 2.45) is 5.73 Å². The minimum atomic E-state index is -0.505. The first-order valence-electron chi connectivity index (χ1n) is 6.45. The molecule has 0 aliphatic heterocycles. The van der Waals surface area contributed by atoms with Gasteiger partial charge in [-0.1, -0.05) is 18.8 Å². The smallest absolute Gasteiger partial charge is 0.251 e. The van der Waals surface area contributed by atoms with Crippen LogP contribution in [0.2, 0.25) is 0 Å². The molecule has 1 aromatic rings. The second-order valence-corrected chi connectivity index (χ2v) is 5.55. The van der Waals surface area contributed by atoms with Crippen molar-refractivity contribution in [3.8, 4) is 11.8 Å². The summed E-state index contributed by atoms with van der Waals surface area (Å²) >= 11 is 1.75. The third-order valence-electron chi connectivity index (χ3n) is 2.51. The van der Waals surface area contributed by atoms with Gasteiger partial charge in [0.05, 0.1) is 12.1 Å². The Balaban J connectivity index is 2.72. The van der Waals surface area contributed by atoms with E-state index in [2.05, 4.69) is 24.1 Å². The summed E-state index contributed by atoms with van der Waals surface area (Å²) in [5, 5.41) is 2.84. The van der Waals surface area contributed by atoms with Crippen molar-refractivity contribution in [1.82, 2.24) is 5.32 Å². The van der Waals surface area contributed by atoms with Crippen LogP contribution >= 0.6 is 11.8 Å². The molecular formula is C15H19FN2OS. The summed E-state index contributed by atoms with van der Waals surface area (Å²) in [5.74, 6) is 6.27. The van der Waals surface area contributed by atoms with E-state index >= 15 is 0 Å². The molecule has 0 saturated carbocycles. The predicted molar refractivity (Wildman–Crippen MR) is 82.3 cm³/mol. The van der Waals surface area contributed by atoms with Crippen molar-refractivity contribution in [2.45, 2.75) is 19.9 Å². The van der Waals surface area contributed by atoms with Gasteiger partial charge in [0.2, 0.25) is 0 Å². The number of amides is 1. The molecule has 1 aromatic carbocycles. The molecule has 0 radical (unpaired) electrons. The van der Waals surface area contributed by atoms with Crippen LogP contribution < -0.4 is 11.1 Å². The summed E-state index contributed by atoms with van der Waals surface area (Å²) in [6, 6.07) is 4.32. The second kappa shape index (κ2) is 8.62. The van der Waals surface area contributed by atoms with E-state index in [9.17, 15) is 9.18 Å². The molecule has 0 bridgehead atoms. The molecule has 3 N–H and O–H groups in total. The fourth-order valence-electron chi connectivity index (χ4n) is 1.55. The Morgan fingerprint density at radius 3 is 2.90 bits per heavy atom. The van der Waals surface area contributed by atoms with Gasteiger partial charge in [0.1, 0.15) is 5.82 Å². The quantitative estimate of drug-likeness (QED) is 0.817. The SMILES string of the molecule is CCSCC(C)NC(=O)c1ccc(C#CCN)c(F)c1. The standard InChI is InChI=1S/C15H19FN2OS/c1-3-20-10-11(2)18-15(19)13-7-6-12(5-4-8-17)14(16)9-13/h6-7,9,11H,3,8,10,17H2,1-2H3,(H,18,19). The van der Waals surface area contributed by atoms with Gasteiger partial charge in [-0.25, -0.2) is 4.39 Å². The summed E-state index contributed by atoms with van der Waals surface area (Å²) in [6.07, 6.45) is 0. The molecule has 20 heavy (non-hydrogen) atoms. The monoisotopic (exact) mass is 294 g/mol. The van der Waals surface area contributed by atoms with E-state index in [0.717, 1.165) is 11.5 Å². The van der Waals surface area contributed by atoms with Crippen LogP contribution in [-0.2, 0) is 0 Å². The molecule has 0 aliphatic carbocycles. The van der Waals surface area contributed by atoms with Gasteiger partial charge in [0.25, 0.3) is 5.91 Å². The summed E-state index contributed by atoms with van der Waals surface area (Å²) < 4.78 is 13.7. The molecule has 1 atom stereocenters. The minimum Gasteiger partial charge on any atom is -0.349 e. The zero-order valence-electron chi connectivity index (χ0n) is 11.7. The molecule has 0 aliphatic rings. The molecule has 1 unspecified atom stereocenters. The molecule has 0 heterocycles. The molecular weight excluding hydrogens is 275 g/mol. The average Bonchev–Trinajstić information content (AvgIpc) is 2.43. The van der Waals surface area contributed by atoms with Gasteiger partial charge in [0.15, 0.2) is 0 Å². The van der Waals surface area contributed by atoms with Crippen molar-refractivity contribution in [2.75, 3.05) is 18.1 Å². The fourth-order valence-corrected chi connectivity index (χ4v) is 2.22. The molecule has 3 nitrogen and oxygen atoms in total. The summed E-state index contributed by atoms with van der Waals surface area (Å²) in [5.41, 5.74) is 5.79. The Labute approximate surface area is 123 Å². The van der Waals surface area contributed by atoms with Crippen molar-refractivity contribution in [3.63, 3.8) is 0 Å². The highest BCUT2D eigenvalue weighted by Gasteiger charge is 2.11. The first kappa shape index (κ1) is 16.5. The Kier molecular flexibility index (Phi) is 7.13. The van der Waals surface area contributed by atoms with Crippen LogP contribution in [0.15, 0.2) is 18.2 Å². The van der Waals surface area contributed by atoms with Crippen LogP contribution in [-0.4, -0.2) is 30.0 Å². The zero-order chi connectivity index (χ0) is 15.0. The van der Waals surface area contributed by atoms with Gasteiger partial charge in [-0.3, -0.25) is 4.79 Å². The number of carbonyl (C=O) groups is 1. The highest BCUT2D eigenvalue weighted by molar-refractivity contribution is 7.99. The Morgan fingerprint density at radius 2 is 2.30 bits per heavy atom. The third kappa shape index (κ3) is 5.24. The van der Waals surface area contributed by atoms with Crippen LogP contribution in [0.1, 0.15) is 29.8 Å². The van der Waals surface area contributed by atoms with Gasteiger partial charge < -0.3 is 11.1 Å². The molecule has 0 spiro atoms. The van der Waals surface area contributed by atoms with Crippen molar-refractivity contribution < 1.29 is 9.18 Å². The van der Waals surface area contributed by atoms with Gasteiger partial charge >= 0.3 is 0 Å². The molecule has 0 aromatic heterocycles. The number of hydrogen-bond acceptors (Lipinski definition) is 3. The van der Waals surface area contributed by atoms with Crippen LogP contribution in [0.5, 0.6) is 0 Å². The highest BCUT2D eigenvalue weighted by atomic mass is 32.2. The lowest BCUT2D eigenvalue weighted by atomic mass is 10.1. The van der Waals surface area contributed by atoms with Crippen LogP contribution in [0, 0.1) is 17.7 Å². The summed E-state index contributed by atoms with van der Waals surface area (Å²) in [7, 11) is 0. The van der Waals surface area contributed by atoms with Crippen molar-refractivity contribution in [3.05, 3.63) is 35.1 Å². The summed E-state index contributed by atoms with van der Waals surface area (Å²) in [6.45, 7) is 4.17. The van der Waals surface area contributed by atoms with E-state index < -0.39 is 5.82 Å². The maximum Gasteiger partial charge on any atom is 0.251 e. The number of rotatable bonds is 5. The van der Waals surface area contributed by atoms with E-state index in [1.54, 1.807) is 17.8 Å². The minimum absolute atomic E-state index is 0.0484. The van der Waals surface area contributed by atoms with E-state index in [1.165, 1.54) is 12.1 Å². The van der Waals surface area contributed by atoms with Gasteiger partial charge in [0, 0.05) is 17.4 Å². The van der Waals surface area contributed by atoms with Crippen molar-refractivity contribution in [1.29, 1.82) is 0 Å². The van der Waals surface area contributed by atoms with Crippen LogP contribution in [0.25, 0.3) is 0 Å². The molecule has 108 valence electrons. The lowest BCUT2D eigenvalue weighted by Crippen LogP contribution is -2.34.